The van der Waals surface area contributed by atoms with Gasteiger partial charge in [0.2, 0.25) is 0 Å². The molecule has 0 aliphatic heterocycles. The Bertz CT molecular complexity index is 1270. The van der Waals surface area contributed by atoms with Gasteiger partial charge in [0.1, 0.15) is 0 Å². The summed E-state index contributed by atoms with van der Waals surface area (Å²) in [5.41, 5.74) is 4.11. The lowest BCUT2D eigenvalue weighted by molar-refractivity contribution is 0.796. The predicted octanol–water partition coefficient (Wildman–Crippen LogP) is 6.98. The van der Waals surface area contributed by atoms with E-state index in [1.54, 1.807) is 0 Å². The van der Waals surface area contributed by atoms with Crippen LogP contribution in [0.2, 0.25) is 0 Å². The van der Waals surface area contributed by atoms with Gasteiger partial charge in [0.05, 0.1) is 5.52 Å². The minimum absolute atomic E-state index is 1.17. The van der Waals surface area contributed by atoms with Crippen molar-refractivity contribution in [2.45, 2.75) is 26.2 Å². The molecule has 4 aromatic carbocycles. The fourth-order valence-corrected chi connectivity index (χ4v) is 4.32. The van der Waals surface area contributed by atoms with Crippen molar-refractivity contribution in [3.8, 4) is 0 Å². The van der Waals surface area contributed by atoms with E-state index in [1.807, 2.05) is 0 Å². The molecule has 1 aromatic heterocycles. The molecule has 0 spiro atoms. The standard InChI is InChI=1S/C25H23N/c1-3-4-7-17-10-13-24-23(14-17)21-12-11-20-15-18-8-5-6-9-19(18)16-22(20)25(21)26(24)2/h5-6,8-16H,3-4,7H2,1-2H3. The fraction of sp³-hybridized carbons (Fsp3) is 0.200. The summed E-state index contributed by atoms with van der Waals surface area (Å²) in [6, 6.07) is 24.9. The Morgan fingerprint density at radius 1 is 0.731 bits per heavy atom. The Morgan fingerprint density at radius 3 is 2.35 bits per heavy atom. The van der Waals surface area contributed by atoms with Gasteiger partial charge in [-0.25, -0.2) is 0 Å². The summed E-state index contributed by atoms with van der Waals surface area (Å²) in [5, 5.41) is 8.01. The van der Waals surface area contributed by atoms with Crippen LogP contribution in [0.3, 0.4) is 0 Å². The van der Waals surface area contributed by atoms with Crippen LogP contribution in [-0.2, 0) is 13.5 Å². The van der Waals surface area contributed by atoms with Gasteiger partial charge in [-0.15, -0.1) is 0 Å². The van der Waals surface area contributed by atoms with Gasteiger partial charge in [0, 0.05) is 28.7 Å². The number of rotatable bonds is 3. The van der Waals surface area contributed by atoms with Gasteiger partial charge in [0.15, 0.2) is 0 Å². The van der Waals surface area contributed by atoms with E-state index < -0.39 is 0 Å². The first-order valence-corrected chi connectivity index (χ1v) is 9.59. The second-order valence-corrected chi connectivity index (χ2v) is 7.40. The monoisotopic (exact) mass is 337 g/mol. The average Bonchev–Trinajstić information content (AvgIpc) is 2.97. The Labute approximate surface area is 153 Å². The zero-order chi connectivity index (χ0) is 17.7. The first-order chi connectivity index (χ1) is 12.8. The Kier molecular flexibility index (Phi) is 3.49. The van der Waals surface area contributed by atoms with E-state index in [0.29, 0.717) is 0 Å². The number of aryl methyl sites for hydroxylation is 2. The van der Waals surface area contributed by atoms with E-state index in [0.717, 1.165) is 0 Å². The Balaban J connectivity index is 1.86. The molecule has 0 aliphatic carbocycles. The fourth-order valence-electron chi connectivity index (χ4n) is 4.32. The quantitative estimate of drug-likeness (QED) is 0.313. The number of aromatic nitrogens is 1. The molecule has 5 aromatic rings. The molecule has 0 amide bonds. The number of fused-ring (bicyclic) bond motifs is 6. The van der Waals surface area contributed by atoms with Crippen LogP contribution >= 0.6 is 0 Å². The molecular weight excluding hydrogens is 314 g/mol. The van der Waals surface area contributed by atoms with E-state index in [4.69, 9.17) is 0 Å². The summed E-state index contributed by atoms with van der Waals surface area (Å²) < 4.78 is 2.37. The van der Waals surface area contributed by atoms with Crippen molar-refractivity contribution in [2.24, 2.45) is 7.05 Å². The minimum atomic E-state index is 1.17. The first kappa shape index (κ1) is 15.5. The lowest BCUT2D eigenvalue weighted by Gasteiger charge is -2.06. The zero-order valence-corrected chi connectivity index (χ0v) is 15.4. The van der Waals surface area contributed by atoms with E-state index in [2.05, 4.69) is 85.3 Å². The molecule has 0 unspecified atom stereocenters. The normalized spacial score (nSPS) is 11.9. The van der Waals surface area contributed by atoms with Gasteiger partial charge in [-0.2, -0.15) is 0 Å². The molecule has 1 heteroatoms. The highest BCUT2D eigenvalue weighted by Gasteiger charge is 2.12. The van der Waals surface area contributed by atoms with Crippen LogP contribution in [0.25, 0.3) is 43.4 Å². The molecule has 0 radical (unpaired) electrons. The van der Waals surface area contributed by atoms with Crippen LogP contribution in [0.4, 0.5) is 0 Å². The summed E-state index contributed by atoms with van der Waals surface area (Å²) >= 11 is 0. The second-order valence-electron chi connectivity index (χ2n) is 7.40. The zero-order valence-electron chi connectivity index (χ0n) is 15.4. The molecule has 0 saturated heterocycles. The van der Waals surface area contributed by atoms with Gasteiger partial charge in [-0.1, -0.05) is 55.8 Å². The Hall–Kier alpha value is -2.80. The lowest BCUT2D eigenvalue weighted by Crippen LogP contribution is -1.89. The molecule has 0 bridgehead atoms. The average molecular weight is 337 g/mol. The van der Waals surface area contributed by atoms with Crippen LogP contribution in [0.15, 0.2) is 66.7 Å². The third kappa shape index (κ3) is 2.24. The van der Waals surface area contributed by atoms with Crippen molar-refractivity contribution in [3.05, 3.63) is 72.3 Å². The number of hydrogen-bond acceptors (Lipinski definition) is 0. The molecule has 0 fully saturated rings. The molecule has 26 heavy (non-hydrogen) atoms. The topological polar surface area (TPSA) is 4.93 Å². The van der Waals surface area contributed by atoms with Crippen molar-refractivity contribution in [1.29, 1.82) is 0 Å². The van der Waals surface area contributed by atoms with Crippen molar-refractivity contribution >= 4 is 43.4 Å². The molecule has 5 rings (SSSR count). The molecular formula is C25H23N. The van der Waals surface area contributed by atoms with Gasteiger partial charge < -0.3 is 4.57 Å². The third-order valence-electron chi connectivity index (χ3n) is 5.72. The SMILES string of the molecule is CCCCc1ccc2c(c1)c1ccc3cc4ccccc4cc3c1n2C. The maximum atomic E-state index is 2.40. The molecule has 0 saturated carbocycles. The molecule has 1 heterocycles. The smallest absolute Gasteiger partial charge is 0.0568 e. The van der Waals surface area contributed by atoms with Crippen LogP contribution in [0.5, 0.6) is 0 Å². The largest absolute Gasteiger partial charge is 0.343 e. The maximum Gasteiger partial charge on any atom is 0.0568 e. The van der Waals surface area contributed by atoms with E-state index in [1.165, 1.54) is 68.2 Å². The second kappa shape index (κ2) is 5.88. The molecule has 0 aliphatic rings. The van der Waals surface area contributed by atoms with Crippen LogP contribution in [-0.4, -0.2) is 4.57 Å². The van der Waals surface area contributed by atoms with Crippen molar-refractivity contribution in [3.63, 3.8) is 0 Å². The summed E-state index contributed by atoms with van der Waals surface area (Å²) in [6.07, 6.45) is 3.66. The van der Waals surface area contributed by atoms with Crippen LogP contribution in [0, 0.1) is 0 Å². The molecule has 0 atom stereocenters. The Morgan fingerprint density at radius 2 is 1.54 bits per heavy atom. The van der Waals surface area contributed by atoms with E-state index in [9.17, 15) is 0 Å². The molecule has 0 N–H and O–H groups in total. The van der Waals surface area contributed by atoms with Crippen LogP contribution < -0.4 is 0 Å². The lowest BCUT2D eigenvalue weighted by atomic mass is 10.00. The predicted molar refractivity (Wildman–Crippen MR) is 114 cm³/mol. The number of hydrogen-bond donors (Lipinski definition) is 0. The number of benzene rings is 4. The van der Waals surface area contributed by atoms with E-state index in [-0.39, 0.29) is 0 Å². The number of unbranched alkanes of at least 4 members (excludes halogenated alkanes) is 1. The maximum absolute atomic E-state index is 2.40. The minimum Gasteiger partial charge on any atom is -0.343 e. The van der Waals surface area contributed by atoms with Crippen molar-refractivity contribution in [1.82, 2.24) is 4.57 Å². The summed E-state index contributed by atoms with van der Waals surface area (Å²) in [5.74, 6) is 0. The van der Waals surface area contributed by atoms with Crippen molar-refractivity contribution < 1.29 is 0 Å². The van der Waals surface area contributed by atoms with Gasteiger partial charge in [0.25, 0.3) is 0 Å². The summed E-state index contributed by atoms with van der Waals surface area (Å²) in [6.45, 7) is 2.26. The summed E-state index contributed by atoms with van der Waals surface area (Å²) in [4.78, 5) is 0. The van der Waals surface area contributed by atoms with Gasteiger partial charge in [-0.05, 0) is 58.8 Å². The molecule has 128 valence electrons. The van der Waals surface area contributed by atoms with Gasteiger partial charge in [-0.3, -0.25) is 0 Å². The highest BCUT2D eigenvalue weighted by atomic mass is 14.9. The highest BCUT2D eigenvalue weighted by molar-refractivity contribution is 6.19. The number of nitrogens with zero attached hydrogens (tertiary/aromatic N) is 1. The van der Waals surface area contributed by atoms with Crippen molar-refractivity contribution in [2.75, 3.05) is 0 Å². The molecule has 1 nitrogen and oxygen atoms in total. The first-order valence-electron chi connectivity index (χ1n) is 9.59. The van der Waals surface area contributed by atoms with E-state index >= 15 is 0 Å². The summed E-state index contributed by atoms with van der Waals surface area (Å²) in [7, 11) is 2.20. The van der Waals surface area contributed by atoms with Gasteiger partial charge >= 0.3 is 0 Å². The third-order valence-corrected chi connectivity index (χ3v) is 5.72. The highest BCUT2D eigenvalue weighted by Crippen LogP contribution is 2.35. The van der Waals surface area contributed by atoms with Crippen LogP contribution in [0.1, 0.15) is 25.3 Å².